The van der Waals surface area contributed by atoms with Crippen LogP contribution < -0.4 is 10.1 Å². The Morgan fingerprint density at radius 3 is 2.74 bits per heavy atom. The Balaban J connectivity index is 2.38. The summed E-state index contributed by atoms with van der Waals surface area (Å²) in [5.41, 5.74) is 1.15. The van der Waals surface area contributed by atoms with E-state index in [1.54, 1.807) is 7.11 Å². The second kappa shape index (κ2) is 8.82. The van der Waals surface area contributed by atoms with Crippen molar-refractivity contribution in [2.45, 2.75) is 25.3 Å². The van der Waals surface area contributed by atoms with Crippen LogP contribution in [0.5, 0.6) is 5.75 Å². The average molecular weight is 273 g/mol. The van der Waals surface area contributed by atoms with Crippen molar-refractivity contribution in [3.8, 4) is 5.75 Å². The zero-order valence-corrected chi connectivity index (χ0v) is 11.4. The molecule has 0 radical (unpaired) electrons. The van der Waals surface area contributed by atoms with Crippen LogP contribution in [0.15, 0.2) is 24.3 Å². The van der Waals surface area contributed by atoms with Gasteiger partial charge in [0.25, 0.3) is 6.43 Å². The molecule has 0 spiro atoms. The first kappa shape index (κ1) is 15.9. The van der Waals surface area contributed by atoms with Crippen molar-refractivity contribution in [1.29, 1.82) is 0 Å². The van der Waals surface area contributed by atoms with Crippen LogP contribution in [0.25, 0.3) is 0 Å². The van der Waals surface area contributed by atoms with Gasteiger partial charge in [-0.2, -0.15) is 0 Å². The van der Waals surface area contributed by atoms with Crippen LogP contribution in [0.2, 0.25) is 0 Å². The molecule has 1 rings (SSSR count). The van der Waals surface area contributed by atoms with Crippen LogP contribution >= 0.6 is 0 Å². The SMILES string of the molecule is CNC(CCOCC(F)F)Cc1cccc(OC)c1. The van der Waals surface area contributed by atoms with E-state index in [-0.39, 0.29) is 6.04 Å². The number of halogens is 2. The summed E-state index contributed by atoms with van der Waals surface area (Å²) in [6, 6.07) is 8.03. The van der Waals surface area contributed by atoms with Gasteiger partial charge in [0.2, 0.25) is 0 Å². The first-order valence-electron chi connectivity index (χ1n) is 6.31. The van der Waals surface area contributed by atoms with Crippen molar-refractivity contribution in [3.05, 3.63) is 29.8 Å². The molecule has 1 aromatic rings. The van der Waals surface area contributed by atoms with Crippen molar-refractivity contribution in [2.75, 3.05) is 27.4 Å². The Morgan fingerprint density at radius 2 is 2.11 bits per heavy atom. The number of hydrogen-bond acceptors (Lipinski definition) is 3. The number of likely N-dealkylation sites (N-methyl/N-ethyl adjacent to an activating group) is 1. The highest BCUT2D eigenvalue weighted by molar-refractivity contribution is 5.28. The number of alkyl halides is 2. The van der Waals surface area contributed by atoms with Crippen molar-refractivity contribution in [3.63, 3.8) is 0 Å². The van der Waals surface area contributed by atoms with Crippen molar-refractivity contribution in [1.82, 2.24) is 5.32 Å². The van der Waals surface area contributed by atoms with Gasteiger partial charge in [-0.3, -0.25) is 0 Å². The molecule has 0 aliphatic carbocycles. The smallest absolute Gasteiger partial charge is 0.261 e. The summed E-state index contributed by atoms with van der Waals surface area (Å²) < 4.78 is 33.9. The van der Waals surface area contributed by atoms with Crippen LogP contribution in [0.3, 0.4) is 0 Å². The minimum atomic E-state index is -2.40. The summed E-state index contributed by atoms with van der Waals surface area (Å²) in [6.07, 6.45) is -0.891. The van der Waals surface area contributed by atoms with E-state index in [2.05, 4.69) is 5.32 Å². The maximum atomic E-state index is 11.9. The second-order valence-corrected chi connectivity index (χ2v) is 4.30. The molecule has 1 N–H and O–H groups in total. The first-order valence-corrected chi connectivity index (χ1v) is 6.31. The van der Waals surface area contributed by atoms with Gasteiger partial charge in [-0.1, -0.05) is 12.1 Å². The van der Waals surface area contributed by atoms with Crippen LogP contribution in [0, 0.1) is 0 Å². The van der Waals surface area contributed by atoms with Gasteiger partial charge in [0.1, 0.15) is 12.4 Å². The zero-order valence-electron chi connectivity index (χ0n) is 11.4. The Bertz CT molecular complexity index is 361. The zero-order chi connectivity index (χ0) is 14.1. The van der Waals surface area contributed by atoms with E-state index >= 15 is 0 Å². The van der Waals surface area contributed by atoms with E-state index in [1.165, 1.54) is 0 Å². The van der Waals surface area contributed by atoms with Crippen LogP contribution in [0.1, 0.15) is 12.0 Å². The number of benzene rings is 1. The minimum absolute atomic E-state index is 0.199. The number of rotatable bonds is 9. The fourth-order valence-electron chi connectivity index (χ4n) is 1.83. The standard InChI is InChI=1S/C14H21F2NO2/c1-17-12(6-7-19-10-14(15)16)8-11-4-3-5-13(9-11)18-2/h3-5,9,12,14,17H,6-8,10H2,1-2H3. The van der Waals surface area contributed by atoms with Gasteiger partial charge >= 0.3 is 0 Å². The van der Waals surface area contributed by atoms with Gasteiger partial charge in [0.15, 0.2) is 0 Å². The van der Waals surface area contributed by atoms with E-state index in [9.17, 15) is 8.78 Å². The number of hydrogen-bond donors (Lipinski definition) is 1. The summed E-state index contributed by atoms with van der Waals surface area (Å²) in [7, 11) is 3.49. The predicted octanol–water partition coefficient (Wildman–Crippen LogP) is 2.50. The molecule has 0 heterocycles. The molecular formula is C14H21F2NO2. The lowest BCUT2D eigenvalue weighted by Gasteiger charge is -2.16. The quantitative estimate of drug-likeness (QED) is 0.701. The summed E-state index contributed by atoms with van der Waals surface area (Å²) in [6.45, 7) is -0.157. The number of methoxy groups -OCH3 is 1. The van der Waals surface area contributed by atoms with Gasteiger partial charge < -0.3 is 14.8 Å². The Labute approximate surface area is 112 Å². The third kappa shape index (κ3) is 6.50. The average Bonchev–Trinajstić information content (AvgIpc) is 2.42. The Morgan fingerprint density at radius 1 is 1.32 bits per heavy atom. The highest BCUT2D eigenvalue weighted by atomic mass is 19.3. The molecule has 0 amide bonds. The highest BCUT2D eigenvalue weighted by Crippen LogP contribution is 2.14. The Hall–Kier alpha value is -1.20. The maximum absolute atomic E-state index is 11.9. The molecule has 0 aromatic heterocycles. The summed E-state index contributed by atoms with van der Waals surface area (Å²) in [5, 5.41) is 3.17. The van der Waals surface area contributed by atoms with Crippen molar-refractivity contribution < 1.29 is 18.3 Å². The molecular weight excluding hydrogens is 252 g/mol. The topological polar surface area (TPSA) is 30.5 Å². The first-order chi connectivity index (χ1) is 9.15. The monoisotopic (exact) mass is 273 g/mol. The highest BCUT2D eigenvalue weighted by Gasteiger charge is 2.09. The lowest BCUT2D eigenvalue weighted by Crippen LogP contribution is -2.29. The molecule has 108 valence electrons. The lowest BCUT2D eigenvalue weighted by atomic mass is 10.0. The van der Waals surface area contributed by atoms with Gasteiger partial charge in [-0.15, -0.1) is 0 Å². The molecule has 1 aromatic carbocycles. The third-order valence-corrected chi connectivity index (χ3v) is 2.88. The lowest BCUT2D eigenvalue weighted by molar-refractivity contribution is 0.0146. The van der Waals surface area contributed by atoms with E-state index in [4.69, 9.17) is 9.47 Å². The molecule has 0 saturated carbocycles. The van der Waals surface area contributed by atoms with E-state index in [0.29, 0.717) is 13.0 Å². The molecule has 5 heteroatoms. The summed E-state index contributed by atoms with van der Waals surface area (Å²) in [4.78, 5) is 0. The summed E-state index contributed by atoms with van der Waals surface area (Å²) >= 11 is 0. The predicted molar refractivity (Wildman–Crippen MR) is 71.0 cm³/mol. The number of ether oxygens (including phenoxy) is 2. The van der Waals surface area contributed by atoms with E-state index in [0.717, 1.165) is 17.7 Å². The van der Waals surface area contributed by atoms with Gasteiger partial charge in [-0.25, -0.2) is 8.78 Å². The molecule has 0 fully saturated rings. The molecule has 19 heavy (non-hydrogen) atoms. The van der Waals surface area contributed by atoms with Crippen LogP contribution in [-0.2, 0) is 11.2 Å². The van der Waals surface area contributed by atoms with Gasteiger partial charge in [0, 0.05) is 12.6 Å². The molecule has 1 atom stereocenters. The molecule has 0 bridgehead atoms. The fourth-order valence-corrected chi connectivity index (χ4v) is 1.83. The molecule has 3 nitrogen and oxygen atoms in total. The normalized spacial score (nSPS) is 12.7. The molecule has 1 unspecified atom stereocenters. The number of nitrogens with one attached hydrogen (secondary N) is 1. The molecule has 0 aliphatic heterocycles. The molecule has 0 saturated heterocycles. The van der Waals surface area contributed by atoms with Crippen LogP contribution in [0.4, 0.5) is 8.78 Å². The Kier molecular flexibility index (Phi) is 7.36. The second-order valence-electron chi connectivity index (χ2n) is 4.30. The third-order valence-electron chi connectivity index (χ3n) is 2.88. The van der Waals surface area contributed by atoms with E-state index in [1.807, 2.05) is 31.3 Å². The molecule has 0 aliphatic rings. The van der Waals surface area contributed by atoms with Gasteiger partial charge in [0.05, 0.1) is 7.11 Å². The minimum Gasteiger partial charge on any atom is -0.497 e. The van der Waals surface area contributed by atoms with E-state index < -0.39 is 13.0 Å². The van der Waals surface area contributed by atoms with Gasteiger partial charge in [-0.05, 0) is 37.6 Å². The summed E-state index contributed by atoms with van der Waals surface area (Å²) in [5.74, 6) is 0.821. The fraction of sp³-hybridized carbons (Fsp3) is 0.571. The largest absolute Gasteiger partial charge is 0.497 e. The van der Waals surface area contributed by atoms with Crippen LogP contribution in [-0.4, -0.2) is 39.8 Å². The van der Waals surface area contributed by atoms with Crippen molar-refractivity contribution in [2.24, 2.45) is 0 Å². The van der Waals surface area contributed by atoms with Crippen molar-refractivity contribution >= 4 is 0 Å². The maximum Gasteiger partial charge on any atom is 0.261 e.